The molecular weight excluding hydrogens is 1450 g/mol. The molecule has 0 saturated carbocycles. The van der Waals surface area contributed by atoms with Crippen molar-refractivity contribution in [3.8, 4) is 18.2 Å². The van der Waals surface area contributed by atoms with Crippen LogP contribution >= 0.6 is 0 Å². The van der Waals surface area contributed by atoms with E-state index in [2.05, 4.69) is 69.0 Å². The summed E-state index contributed by atoms with van der Waals surface area (Å²) in [6.45, 7) is 6.23. The molecule has 3 N–H and O–H groups in total. The number of hydrogen-bond acceptors (Lipinski definition) is 25. The Balaban J connectivity index is 0.000000167. The highest BCUT2D eigenvalue weighted by Gasteiger charge is 2.38. The maximum Gasteiger partial charge on any atom is 0.328 e. The van der Waals surface area contributed by atoms with Crippen LogP contribution in [0.1, 0.15) is 150 Å². The van der Waals surface area contributed by atoms with Gasteiger partial charge in [0.05, 0.1) is 28.5 Å². The second-order valence-corrected chi connectivity index (χ2v) is 27.9. The number of ether oxygens (including phenoxy) is 6. The number of urea groups is 3. The van der Waals surface area contributed by atoms with E-state index in [9.17, 15) is 58.9 Å². The molecule has 4 atom stereocenters. The molecule has 0 aliphatic carbocycles. The molecule has 9 amide bonds. The van der Waals surface area contributed by atoms with Gasteiger partial charge in [0.25, 0.3) is 17.7 Å². The highest BCUT2D eigenvalue weighted by molar-refractivity contribution is 6.04. The molecule has 0 radical (unpaired) electrons. The Morgan fingerprint density at radius 3 is 1.12 bits per heavy atom. The topological polar surface area (TPSA) is 416 Å². The van der Waals surface area contributed by atoms with E-state index in [1.54, 1.807) is 54.2 Å². The van der Waals surface area contributed by atoms with Crippen LogP contribution in [0.2, 0.25) is 0 Å². The van der Waals surface area contributed by atoms with Crippen molar-refractivity contribution in [2.24, 2.45) is 0 Å². The van der Waals surface area contributed by atoms with Crippen LogP contribution < -0.4 is 35.6 Å². The van der Waals surface area contributed by atoms with Gasteiger partial charge in [0.2, 0.25) is 0 Å². The van der Waals surface area contributed by atoms with Gasteiger partial charge in [-0.05, 0) is 129 Å². The molecule has 0 bridgehead atoms. The van der Waals surface area contributed by atoms with Gasteiger partial charge in [0.15, 0.2) is 18.9 Å². The van der Waals surface area contributed by atoms with Crippen molar-refractivity contribution >= 4 is 95.3 Å². The normalized spacial score (nSPS) is 18.2. The average Bonchev–Trinajstić information content (AvgIpc) is 1.35. The standard InChI is InChI=1S/C27H31N7O5.2C26H30N6O5/c1-38-20-5-8-32(15-20)22-11-24(29-13-19(22)12-28)31-27(37)34-7-3-4-17-10-18(21(16-35)30-25(17)34)14-33-9-6-23(39-2)26(33)36;2*1-36-10-4-6-17-12-23(28-14-20(17)13-27)30-26(35)32-8-3-5-18-11-19(21(16-33)29-24(18)32)15-31-9-7-22(37-2)25(31)34/h10-11,13,16,20,23H,3-9,14-15H2,1-2H3,(H,29,31,37);2*11-12,14,16,22H,3-10,15H2,1-2H3,(H,28,30,35)/t20-,23-;2*22-/m010/s1. The zero-order valence-corrected chi connectivity index (χ0v) is 64.1. The van der Waals surface area contributed by atoms with E-state index in [4.69, 9.17) is 28.4 Å². The number of amides is 9. The second-order valence-electron chi connectivity index (χ2n) is 27.9. The summed E-state index contributed by atoms with van der Waals surface area (Å²) < 4.78 is 31.3. The van der Waals surface area contributed by atoms with E-state index >= 15 is 0 Å². The van der Waals surface area contributed by atoms with Crippen LogP contribution in [0.4, 0.5) is 55.0 Å². The molecule has 13 rings (SSSR count). The molecule has 6 aromatic rings. The lowest BCUT2D eigenvalue weighted by molar-refractivity contribution is -0.137. The van der Waals surface area contributed by atoms with Gasteiger partial charge < -0.3 is 48.0 Å². The molecule has 4 saturated heterocycles. The third-order valence-electron chi connectivity index (χ3n) is 20.9. The third-order valence-corrected chi connectivity index (χ3v) is 20.9. The fraction of sp³-hybridized carbons (Fsp3) is 0.468. The number of rotatable bonds is 25. The first-order chi connectivity index (χ1) is 54.9. The maximum absolute atomic E-state index is 13.4. The maximum atomic E-state index is 13.4. The molecule has 13 heterocycles. The van der Waals surface area contributed by atoms with Crippen LogP contribution in [0, 0.1) is 34.0 Å². The van der Waals surface area contributed by atoms with Crippen LogP contribution in [0.25, 0.3) is 0 Å². The van der Waals surface area contributed by atoms with Crippen molar-refractivity contribution in [2.75, 3.05) is 144 Å². The van der Waals surface area contributed by atoms with Gasteiger partial charge in [-0.3, -0.25) is 59.4 Å². The fourth-order valence-electron chi connectivity index (χ4n) is 14.9. The average molecular weight is 1550 g/mol. The van der Waals surface area contributed by atoms with Crippen molar-refractivity contribution in [1.29, 1.82) is 15.8 Å². The van der Waals surface area contributed by atoms with Gasteiger partial charge in [-0.2, -0.15) is 15.8 Å². The van der Waals surface area contributed by atoms with Crippen molar-refractivity contribution in [3.05, 3.63) is 133 Å². The molecule has 0 unspecified atom stereocenters. The van der Waals surface area contributed by atoms with Gasteiger partial charge in [-0.15, -0.1) is 0 Å². The lowest BCUT2D eigenvalue weighted by Crippen LogP contribution is -2.40. The van der Waals surface area contributed by atoms with E-state index in [1.807, 2.05) is 18.2 Å². The quantitative estimate of drug-likeness (QED) is 0.0381. The van der Waals surface area contributed by atoms with Gasteiger partial charge >= 0.3 is 18.1 Å². The first kappa shape index (κ1) is 82.1. The minimum Gasteiger partial charge on any atom is -0.385 e. The molecule has 0 aromatic carbocycles. The van der Waals surface area contributed by atoms with E-state index < -0.39 is 36.4 Å². The molecular formula is C79H91N19O15. The molecule has 4 fully saturated rings. The molecule has 7 aliphatic heterocycles. The zero-order chi connectivity index (χ0) is 80.2. The second kappa shape index (κ2) is 38.9. The van der Waals surface area contributed by atoms with Crippen molar-refractivity contribution < 1.29 is 71.6 Å². The Bertz CT molecular complexity index is 4510. The highest BCUT2D eigenvalue weighted by atomic mass is 16.5. The number of nitriles is 3. The van der Waals surface area contributed by atoms with Crippen LogP contribution in [0.3, 0.4) is 0 Å². The molecule has 0 spiro atoms. The van der Waals surface area contributed by atoms with Crippen LogP contribution in [0.5, 0.6) is 0 Å². The van der Waals surface area contributed by atoms with Gasteiger partial charge in [0, 0.05) is 188 Å². The minimum atomic E-state index is -0.460. The van der Waals surface area contributed by atoms with Gasteiger partial charge in [-0.1, -0.05) is 0 Å². The summed E-state index contributed by atoms with van der Waals surface area (Å²) in [5.41, 5.74) is 8.63. The van der Waals surface area contributed by atoms with E-state index in [-0.39, 0.29) is 60.5 Å². The molecule has 592 valence electrons. The number of likely N-dealkylation sites (tertiary alicyclic amines) is 3. The largest absolute Gasteiger partial charge is 0.385 e. The lowest BCUT2D eigenvalue weighted by Gasteiger charge is -2.29. The number of carbonyl (C=O) groups is 9. The number of aromatic nitrogens is 6. The number of anilines is 7. The molecule has 113 heavy (non-hydrogen) atoms. The summed E-state index contributed by atoms with van der Waals surface area (Å²) in [7, 11) is 9.45. The van der Waals surface area contributed by atoms with Crippen LogP contribution in [-0.2, 0) is 94.5 Å². The number of fused-ring (bicyclic) bond motifs is 3. The number of pyridine rings is 6. The van der Waals surface area contributed by atoms with Gasteiger partial charge in [-0.25, -0.2) is 44.3 Å². The number of aldehydes is 3. The number of methoxy groups -OCH3 is 6. The van der Waals surface area contributed by atoms with E-state index in [1.165, 1.54) is 54.6 Å². The van der Waals surface area contributed by atoms with Crippen molar-refractivity contribution in [3.63, 3.8) is 0 Å². The highest BCUT2D eigenvalue weighted by Crippen LogP contribution is 2.35. The number of nitrogens with zero attached hydrogens (tertiary/aromatic N) is 16. The first-order valence-corrected chi connectivity index (χ1v) is 37.5. The predicted octanol–water partition coefficient (Wildman–Crippen LogP) is 7.06. The molecule has 34 heteroatoms. The Morgan fingerprint density at radius 2 is 0.814 bits per heavy atom. The van der Waals surface area contributed by atoms with Gasteiger partial charge in [0.1, 0.15) is 88.5 Å². The van der Waals surface area contributed by atoms with E-state index in [0.29, 0.717) is 210 Å². The first-order valence-electron chi connectivity index (χ1n) is 37.5. The Morgan fingerprint density at radius 1 is 0.460 bits per heavy atom. The predicted molar refractivity (Wildman–Crippen MR) is 410 cm³/mol. The van der Waals surface area contributed by atoms with Crippen LogP contribution in [0.15, 0.2) is 55.0 Å². The summed E-state index contributed by atoms with van der Waals surface area (Å²) in [4.78, 5) is 151. The summed E-state index contributed by atoms with van der Waals surface area (Å²) >= 11 is 0. The van der Waals surface area contributed by atoms with Crippen molar-refractivity contribution in [2.45, 2.75) is 134 Å². The molecule has 34 nitrogen and oxygen atoms in total. The number of carbonyl (C=O) groups excluding carboxylic acids is 9. The monoisotopic (exact) mass is 1550 g/mol. The summed E-state index contributed by atoms with van der Waals surface area (Å²) in [6.07, 6.45) is 14.7. The van der Waals surface area contributed by atoms with Crippen molar-refractivity contribution in [1.82, 2.24) is 44.6 Å². The SMILES string of the molecule is COCCCc1cc(NC(=O)N2CCCc3cc(CN4CC[C@@H](OC)C4=O)c(C=O)nc32)ncc1C#N.COCCCc1cc(NC(=O)N2CCCc3cc(CN4CC[C@H](OC)C4=O)c(C=O)nc32)ncc1C#N.CO[C@H]1CCN(c2cc(NC(=O)N3CCCc4cc(CN5CC[C@H](OC)C5=O)c(C=O)nc43)ncc2C#N)C1. The lowest BCUT2D eigenvalue weighted by atomic mass is 10.0. The Labute approximate surface area is 653 Å². The Kier molecular flexibility index (Phi) is 28.3. The summed E-state index contributed by atoms with van der Waals surface area (Å²) in [6, 6.07) is 15.9. The van der Waals surface area contributed by atoms with Crippen LogP contribution in [-0.4, -0.2) is 232 Å². The minimum absolute atomic E-state index is 0.0839. The number of aryl methyl sites for hydroxylation is 5. The number of hydrogen-bond donors (Lipinski definition) is 3. The fourth-order valence-corrected chi connectivity index (χ4v) is 14.9. The molecule has 7 aliphatic rings. The molecule has 6 aromatic heterocycles. The third kappa shape index (κ3) is 19.4. The smallest absolute Gasteiger partial charge is 0.328 e. The summed E-state index contributed by atoms with van der Waals surface area (Å²) in [5.74, 6) is 1.93. The summed E-state index contributed by atoms with van der Waals surface area (Å²) in [5, 5.41) is 36.8. The van der Waals surface area contributed by atoms with E-state index in [0.717, 1.165) is 66.5 Å². The number of nitrogens with one attached hydrogen (secondary N) is 3. The zero-order valence-electron chi connectivity index (χ0n) is 64.1. The Hall–Kier alpha value is -11.8.